The minimum Gasteiger partial charge on any atom is -0.334 e. The van der Waals surface area contributed by atoms with Crippen molar-refractivity contribution in [1.29, 1.82) is 0 Å². The summed E-state index contributed by atoms with van der Waals surface area (Å²) in [6.07, 6.45) is 0. The van der Waals surface area contributed by atoms with Crippen LogP contribution in [-0.4, -0.2) is 42.0 Å². The maximum Gasteiger partial charge on any atom is 0.315 e. The number of rotatable bonds is 12. The van der Waals surface area contributed by atoms with Gasteiger partial charge in [0.05, 0.1) is 0 Å². The number of hydrogen-bond donors (Lipinski definition) is 2. The van der Waals surface area contributed by atoms with Gasteiger partial charge in [-0.1, -0.05) is 76.2 Å². The minimum atomic E-state index is -0.134. The molecule has 0 aliphatic rings. The van der Waals surface area contributed by atoms with Crippen molar-refractivity contribution in [3.05, 3.63) is 70.8 Å². The van der Waals surface area contributed by atoms with E-state index in [1.54, 1.807) is 0 Å². The molecule has 5 nitrogen and oxygen atoms in total. The maximum atomic E-state index is 12.4. The highest BCUT2D eigenvalue weighted by molar-refractivity contribution is 5.73. The second kappa shape index (κ2) is 13.0. The number of carbonyl (C=O) groups excluding carboxylic acids is 1. The Morgan fingerprint density at radius 2 is 0.967 bits per heavy atom. The van der Waals surface area contributed by atoms with Crippen molar-refractivity contribution in [3.8, 4) is 0 Å². The normalized spacial score (nSPS) is 11.1. The van der Waals surface area contributed by atoms with Gasteiger partial charge in [0.15, 0.2) is 0 Å². The molecule has 2 aromatic rings. The Bertz CT molecular complexity index is 706. The molecule has 0 atom stereocenters. The first kappa shape index (κ1) is 23.9. The molecular weight excluding hydrogens is 372 g/mol. The molecular formula is C25H38N4O. The Hall–Kier alpha value is -2.37. The van der Waals surface area contributed by atoms with Gasteiger partial charge >= 0.3 is 6.03 Å². The third-order valence-electron chi connectivity index (χ3n) is 5.69. The Kier molecular flexibility index (Phi) is 10.4. The van der Waals surface area contributed by atoms with Gasteiger partial charge < -0.3 is 10.6 Å². The van der Waals surface area contributed by atoms with Crippen LogP contribution in [0, 0.1) is 0 Å². The van der Waals surface area contributed by atoms with Gasteiger partial charge in [-0.3, -0.25) is 9.80 Å². The fourth-order valence-corrected chi connectivity index (χ4v) is 3.56. The number of benzene rings is 2. The third-order valence-corrected chi connectivity index (χ3v) is 5.69. The van der Waals surface area contributed by atoms with Crippen molar-refractivity contribution in [1.82, 2.24) is 20.4 Å². The van der Waals surface area contributed by atoms with E-state index in [9.17, 15) is 4.79 Å². The van der Waals surface area contributed by atoms with Crippen LogP contribution < -0.4 is 10.6 Å². The third kappa shape index (κ3) is 7.47. The molecule has 0 aromatic heterocycles. The van der Waals surface area contributed by atoms with Crippen molar-refractivity contribution in [2.24, 2.45) is 0 Å². The number of amides is 2. The molecule has 30 heavy (non-hydrogen) atoms. The quantitative estimate of drug-likeness (QED) is 0.546. The monoisotopic (exact) mass is 410 g/mol. The van der Waals surface area contributed by atoms with Gasteiger partial charge in [0.25, 0.3) is 0 Å². The van der Waals surface area contributed by atoms with Crippen molar-refractivity contribution in [3.63, 3.8) is 0 Å². The van der Waals surface area contributed by atoms with Crippen LogP contribution in [0.1, 0.15) is 49.9 Å². The van der Waals surface area contributed by atoms with E-state index in [2.05, 4.69) is 84.5 Å². The average Bonchev–Trinajstić information content (AvgIpc) is 2.79. The largest absolute Gasteiger partial charge is 0.334 e. The number of hydrogen-bond acceptors (Lipinski definition) is 3. The Morgan fingerprint density at radius 3 is 1.30 bits per heavy atom. The molecule has 0 unspecified atom stereocenters. The second-order valence-corrected chi connectivity index (χ2v) is 7.50. The van der Waals surface area contributed by atoms with E-state index < -0.39 is 0 Å². The lowest BCUT2D eigenvalue weighted by Crippen LogP contribution is -2.35. The minimum absolute atomic E-state index is 0.134. The summed E-state index contributed by atoms with van der Waals surface area (Å²) in [7, 11) is 0. The summed E-state index contributed by atoms with van der Waals surface area (Å²) in [4.78, 5) is 17.2. The van der Waals surface area contributed by atoms with E-state index in [0.29, 0.717) is 13.1 Å². The summed E-state index contributed by atoms with van der Waals surface area (Å²) in [6, 6.07) is 16.5. The number of nitrogens with one attached hydrogen (secondary N) is 2. The first-order chi connectivity index (χ1) is 14.6. The number of carbonyl (C=O) groups is 1. The van der Waals surface area contributed by atoms with Gasteiger partial charge in [0, 0.05) is 26.2 Å². The molecule has 0 aliphatic heterocycles. The first-order valence-electron chi connectivity index (χ1n) is 11.2. The van der Waals surface area contributed by atoms with E-state index in [-0.39, 0.29) is 6.03 Å². The molecule has 164 valence electrons. The summed E-state index contributed by atoms with van der Waals surface area (Å²) < 4.78 is 0. The summed E-state index contributed by atoms with van der Waals surface area (Å²) in [5.41, 5.74) is 4.88. The zero-order valence-electron chi connectivity index (χ0n) is 19.1. The fraction of sp³-hybridized carbons (Fsp3) is 0.480. The van der Waals surface area contributed by atoms with Crippen molar-refractivity contribution >= 4 is 6.03 Å². The van der Waals surface area contributed by atoms with Gasteiger partial charge in [-0.05, 0) is 48.4 Å². The van der Waals surface area contributed by atoms with Gasteiger partial charge in [-0.2, -0.15) is 0 Å². The highest BCUT2D eigenvalue weighted by Gasteiger charge is 2.09. The van der Waals surface area contributed by atoms with Crippen LogP contribution in [0.2, 0.25) is 0 Å². The smallest absolute Gasteiger partial charge is 0.315 e. The van der Waals surface area contributed by atoms with Crippen LogP contribution >= 0.6 is 0 Å². The Morgan fingerprint density at radius 1 is 0.633 bits per heavy atom. The molecule has 0 radical (unpaired) electrons. The molecule has 0 aliphatic carbocycles. The lowest BCUT2D eigenvalue weighted by Gasteiger charge is -2.21. The predicted molar refractivity (Wildman–Crippen MR) is 125 cm³/mol. The summed E-state index contributed by atoms with van der Waals surface area (Å²) >= 11 is 0. The molecule has 0 saturated carbocycles. The molecule has 0 spiro atoms. The van der Waals surface area contributed by atoms with Crippen LogP contribution in [0.25, 0.3) is 0 Å². The second-order valence-electron chi connectivity index (χ2n) is 7.50. The fourth-order valence-electron chi connectivity index (χ4n) is 3.56. The average molecular weight is 411 g/mol. The van der Waals surface area contributed by atoms with Crippen LogP contribution in [0.4, 0.5) is 4.79 Å². The molecule has 2 aromatic carbocycles. The topological polar surface area (TPSA) is 47.6 Å². The van der Waals surface area contributed by atoms with Crippen LogP contribution in [0.15, 0.2) is 48.5 Å². The molecule has 0 fully saturated rings. The number of urea groups is 1. The molecule has 5 heteroatoms. The first-order valence-corrected chi connectivity index (χ1v) is 11.2. The van der Waals surface area contributed by atoms with Gasteiger partial charge in [-0.15, -0.1) is 0 Å². The van der Waals surface area contributed by atoms with E-state index >= 15 is 0 Å². The zero-order chi connectivity index (χ0) is 21.8. The van der Waals surface area contributed by atoms with Crippen molar-refractivity contribution < 1.29 is 4.79 Å². The predicted octanol–water partition coefficient (Wildman–Crippen LogP) is 4.37. The van der Waals surface area contributed by atoms with Crippen molar-refractivity contribution in [2.45, 2.75) is 53.9 Å². The van der Waals surface area contributed by atoms with Crippen LogP contribution in [0.5, 0.6) is 0 Å². The molecule has 2 N–H and O–H groups in total. The highest BCUT2D eigenvalue weighted by Crippen LogP contribution is 2.13. The molecule has 0 saturated heterocycles. The Balaban J connectivity index is 1.91. The molecule has 0 heterocycles. The summed E-state index contributed by atoms with van der Waals surface area (Å²) in [5.74, 6) is 0. The Labute approximate surface area is 182 Å². The van der Waals surface area contributed by atoms with Crippen LogP contribution in [-0.2, 0) is 26.2 Å². The lowest BCUT2D eigenvalue weighted by atomic mass is 10.1. The van der Waals surface area contributed by atoms with Gasteiger partial charge in [0.1, 0.15) is 0 Å². The standard InChI is InChI=1S/C25H38N4O/c1-5-28(6-2)19-23-15-11-9-13-21(23)17-26-25(30)27-18-22-14-10-12-16-24(22)20-29(7-3)8-4/h9-16H,5-8,17-20H2,1-4H3,(H2,26,27,30). The maximum absolute atomic E-state index is 12.4. The summed E-state index contributed by atoms with van der Waals surface area (Å²) in [6.45, 7) is 15.7. The summed E-state index contributed by atoms with van der Waals surface area (Å²) in [5, 5.41) is 6.04. The molecule has 2 amide bonds. The van der Waals surface area contributed by atoms with Crippen molar-refractivity contribution in [2.75, 3.05) is 26.2 Å². The van der Waals surface area contributed by atoms with E-state index in [1.807, 2.05) is 12.1 Å². The van der Waals surface area contributed by atoms with Gasteiger partial charge in [-0.25, -0.2) is 4.79 Å². The zero-order valence-corrected chi connectivity index (χ0v) is 19.1. The van der Waals surface area contributed by atoms with Gasteiger partial charge in [0.2, 0.25) is 0 Å². The highest BCUT2D eigenvalue weighted by atomic mass is 16.2. The molecule has 0 bridgehead atoms. The van der Waals surface area contributed by atoms with E-state index in [4.69, 9.17) is 0 Å². The SMILES string of the molecule is CCN(CC)Cc1ccccc1CNC(=O)NCc1ccccc1CN(CC)CC. The van der Waals surface area contributed by atoms with Crippen LogP contribution in [0.3, 0.4) is 0 Å². The number of nitrogens with zero attached hydrogens (tertiary/aromatic N) is 2. The lowest BCUT2D eigenvalue weighted by molar-refractivity contribution is 0.240. The van der Waals surface area contributed by atoms with E-state index in [1.165, 1.54) is 22.3 Å². The molecule has 2 rings (SSSR count). The van der Waals surface area contributed by atoms with E-state index in [0.717, 1.165) is 39.3 Å².